The summed E-state index contributed by atoms with van der Waals surface area (Å²) < 4.78 is 12.7. The number of nitrogens with two attached hydrogens (primary N) is 1. The molecule has 3 aromatic carbocycles. The number of rotatable bonds is 9. The Kier molecular flexibility index (Phi) is 8.13. The number of carbonyl (C=O) groups is 2. The van der Waals surface area contributed by atoms with Crippen LogP contribution in [-0.4, -0.2) is 41.5 Å². The summed E-state index contributed by atoms with van der Waals surface area (Å²) in [5, 5.41) is 4.19. The first kappa shape index (κ1) is 27.8. The summed E-state index contributed by atoms with van der Waals surface area (Å²) in [4.78, 5) is 37.6. The highest BCUT2D eigenvalue weighted by Gasteiger charge is 2.26. The van der Waals surface area contributed by atoms with Crippen molar-refractivity contribution < 1.29 is 19.1 Å². The van der Waals surface area contributed by atoms with Gasteiger partial charge in [-0.3, -0.25) is 15.0 Å². The zero-order valence-corrected chi connectivity index (χ0v) is 24.6. The highest BCUT2D eigenvalue weighted by atomic mass is 32.1. The molecule has 3 N–H and O–H groups in total. The summed E-state index contributed by atoms with van der Waals surface area (Å²) in [5.74, 6) is 1.32. The van der Waals surface area contributed by atoms with Crippen LogP contribution in [-0.2, 0) is 13.0 Å². The zero-order valence-electron chi connectivity index (χ0n) is 23.0. The number of para-hydroxylation sites is 1. The van der Waals surface area contributed by atoms with Crippen molar-refractivity contribution in [2.24, 2.45) is 5.73 Å². The summed E-state index contributed by atoms with van der Waals surface area (Å²) in [7, 11) is 0. The largest absolute Gasteiger partial charge is 0.494 e. The molecule has 0 atom stereocenters. The number of thiazole rings is 2. The second kappa shape index (κ2) is 12.3. The van der Waals surface area contributed by atoms with Gasteiger partial charge in [0, 0.05) is 23.9 Å². The lowest BCUT2D eigenvalue weighted by Gasteiger charge is -2.29. The Bertz CT molecular complexity index is 1720. The molecular formula is C31H29N5O4S2. The third kappa shape index (κ3) is 5.98. The number of ether oxygens (including phenoxy) is 2. The molecule has 0 radical (unpaired) electrons. The van der Waals surface area contributed by atoms with Crippen LogP contribution in [0, 0.1) is 0 Å². The average Bonchev–Trinajstić information content (AvgIpc) is 3.63. The van der Waals surface area contributed by atoms with E-state index in [9.17, 15) is 9.59 Å². The fraction of sp³-hybridized carbons (Fsp3) is 0.226. The van der Waals surface area contributed by atoms with Crippen LogP contribution in [0.2, 0.25) is 0 Å². The summed E-state index contributed by atoms with van der Waals surface area (Å²) in [6, 6.07) is 20.9. The van der Waals surface area contributed by atoms with Gasteiger partial charge in [-0.1, -0.05) is 35.6 Å². The van der Waals surface area contributed by atoms with Gasteiger partial charge in [0.05, 0.1) is 29.1 Å². The zero-order chi connectivity index (χ0) is 29.1. The van der Waals surface area contributed by atoms with Gasteiger partial charge in [0.1, 0.15) is 28.8 Å². The molecule has 0 spiro atoms. The number of ketones is 1. The van der Waals surface area contributed by atoms with Crippen molar-refractivity contribution in [1.82, 2.24) is 9.97 Å². The van der Waals surface area contributed by atoms with Crippen molar-refractivity contribution in [2.45, 2.75) is 26.3 Å². The van der Waals surface area contributed by atoms with Crippen molar-refractivity contribution in [2.75, 3.05) is 30.0 Å². The minimum atomic E-state index is -0.280. The highest BCUT2D eigenvalue weighted by Crippen LogP contribution is 2.38. The Hall–Kier alpha value is -4.32. The first-order valence-electron chi connectivity index (χ1n) is 13.6. The molecule has 3 heterocycles. The molecule has 0 saturated carbocycles. The Morgan fingerprint density at radius 1 is 1.07 bits per heavy atom. The molecular weight excluding hydrogens is 571 g/mol. The van der Waals surface area contributed by atoms with Crippen LogP contribution in [0.25, 0.3) is 20.8 Å². The van der Waals surface area contributed by atoms with Gasteiger partial charge >= 0.3 is 6.03 Å². The third-order valence-corrected chi connectivity index (χ3v) is 8.94. The minimum absolute atomic E-state index is 0.0797. The number of amides is 2. The van der Waals surface area contributed by atoms with Gasteiger partial charge in [-0.2, -0.15) is 0 Å². The maximum atomic E-state index is 13.3. The number of aromatic nitrogens is 2. The molecule has 2 aromatic heterocycles. The van der Waals surface area contributed by atoms with Gasteiger partial charge in [0.15, 0.2) is 10.9 Å². The van der Waals surface area contributed by atoms with E-state index < -0.39 is 0 Å². The molecule has 0 fully saturated rings. The molecule has 0 unspecified atom stereocenters. The molecule has 9 nitrogen and oxygen atoms in total. The highest BCUT2D eigenvalue weighted by molar-refractivity contribution is 7.22. The third-order valence-electron chi connectivity index (χ3n) is 6.83. The van der Waals surface area contributed by atoms with E-state index >= 15 is 0 Å². The molecule has 0 aliphatic carbocycles. The smallest absolute Gasteiger partial charge is 0.328 e. The number of nitrogens with one attached hydrogen (secondary N) is 1. The molecule has 1 aliphatic rings. The van der Waals surface area contributed by atoms with Gasteiger partial charge < -0.3 is 15.2 Å². The molecule has 2 amide bonds. The maximum absolute atomic E-state index is 13.3. The van der Waals surface area contributed by atoms with Crippen molar-refractivity contribution >= 4 is 55.5 Å². The number of Topliss-reactive ketones (excluding diaryl/α,β-unsaturated/α-hetero) is 1. The second-order valence-corrected chi connectivity index (χ2v) is 11.9. The normalized spacial score (nSPS) is 12.6. The first-order chi connectivity index (χ1) is 20.5. The summed E-state index contributed by atoms with van der Waals surface area (Å²) >= 11 is 2.92. The van der Waals surface area contributed by atoms with Crippen LogP contribution in [0.3, 0.4) is 0 Å². The number of anilines is 2. The first-order valence-corrected chi connectivity index (χ1v) is 15.3. The van der Waals surface area contributed by atoms with Crippen LogP contribution < -0.4 is 25.4 Å². The molecule has 5 aromatic rings. The number of fused-ring (bicyclic) bond motifs is 2. The number of benzene rings is 3. The van der Waals surface area contributed by atoms with Crippen molar-refractivity contribution in [3.8, 4) is 22.1 Å². The molecule has 6 rings (SSSR count). The molecule has 0 saturated heterocycles. The van der Waals surface area contributed by atoms with E-state index in [1.54, 1.807) is 4.90 Å². The Labute approximate surface area is 250 Å². The number of aryl methyl sites for hydroxylation is 1. The molecule has 42 heavy (non-hydrogen) atoms. The van der Waals surface area contributed by atoms with Crippen LogP contribution in [0.5, 0.6) is 11.5 Å². The fourth-order valence-corrected chi connectivity index (χ4v) is 6.71. The Morgan fingerprint density at radius 2 is 1.90 bits per heavy atom. The second-order valence-electron chi connectivity index (χ2n) is 9.75. The van der Waals surface area contributed by atoms with Crippen LogP contribution in [0.4, 0.5) is 15.6 Å². The van der Waals surface area contributed by atoms with Crippen LogP contribution in [0.15, 0.2) is 66.7 Å². The summed E-state index contributed by atoms with van der Waals surface area (Å²) in [6.07, 6.45) is 1.40. The number of nitrogens with zero attached hydrogens (tertiary/aromatic N) is 3. The van der Waals surface area contributed by atoms with Crippen molar-refractivity contribution in [3.05, 3.63) is 82.9 Å². The maximum Gasteiger partial charge on any atom is 0.328 e. The van der Waals surface area contributed by atoms with E-state index in [2.05, 4.69) is 10.3 Å². The molecule has 1 aliphatic heterocycles. The van der Waals surface area contributed by atoms with Gasteiger partial charge in [-0.25, -0.2) is 14.8 Å². The van der Waals surface area contributed by atoms with E-state index in [1.807, 2.05) is 66.7 Å². The van der Waals surface area contributed by atoms with Crippen molar-refractivity contribution in [1.29, 1.82) is 0 Å². The molecule has 214 valence electrons. The SMILES string of the molecule is CC(=O)c1nc(-c2ccc3c(c2)N(C(=O)Nc2nc4ccccc4s2)CCO3)sc1CCCOc1ccc(CN)cc1. The van der Waals surface area contributed by atoms with E-state index in [0.29, 0.717) is 60.0 Å². The monoisotopic (exact) mass is 599 g/mol. The van der Waals surface area contributed by atoms with Gasteiger partial charge in [0.2, 0.25) is 0 Å². The number of urea groups is 1. The molecule has 0 bridgehead atoms. The predicted molar refractivity (Wildman–Crippen MR) is 167 cm³/mol. The quantitative estimate of drug-likeness (QED) is 0.146. The van der Waals surface area contributed by atoms with Gasteiger partial charge in [-0.15, -0.1) is 11.3 Å². The van der Waals surface area contributed by atoms with Gasteiger partial charge in [0.25, 0.3) is 0 Å². The lowest BCUT2D eigenvalue weighted by molar-refractivity contribution is 0.101. The van der Waals surface area contributed by atoms with E-state index in [0.717, 1.165) is 38.4 Å². The van der Waals surface area contributed by atoms with E-state index in [1.165, 1.54) is 29.6 Å². The number of hydrogen-bond acceptors (Lipinski definition) is 9. The lowest BCUT2D eigenvalue weighted by atomic mass is 10.1. The fourth-order valence-electron chi connectivity index (χ4n) is 4.71. The van der Waals surface area contributed by atoms with E-state index in [4.69, 9.17) is 20.2 Å². The summed E-state index contributed by atoms with van der Waals surface area (Å²) in [6.45, 7) is 3.32. The van der Waals surface area contributed by atoms with Crippen LogP contribution in [0.1, 0.15) is 34.3 Å². The minimum Gasteiger partial charge on any atom is -0.494 e. The lowest BCUT2D eigenvalue weighted by Crippen LogP contribution is -2.40. The number of carbonyl (C=O) groups excluding carboxylic acids is 2. The average molecular weight is 600 g/mol. The Morgan fingerprint density at radius 3 is 2.69 bits per heavy atom. The van der Waals surface area contributed by atoms with E-state index in [-0.39, 0.29) is 11.8 Å². The number of hydrogen-bond donors (Lipinski definition) is 2. The van der Waals surface area contributed by atoms with Crippen LogP contribution >= 0.6 is 22.7 Å². The summed E-state index contributed by atoms with van der Waals surface area (Å²) in [5.41, 5.74) is 9.49. The molecule has 11 heteroatoms. The topological polar surface area (TPSA) is 120 Å². The van der Waals surface area contributed by atoms with Crippen molar-refractivity contribution in [3.63, 3.8) is 0 Å². The predicted octanol–water partition coefficient (Wildman–Crippen LogP) is 6.52. The Balaban J connectivity index is 1.17. The standard InChI is InChI=1S/C31H29N5O4S2/c1-19(37)28-27(7-4-15-39-22-11-8-20(18-32)9-12-22)41-29(34-28)21-10-13-25-24(17-21)36(14-16-40-25)31(38)35-30-33-23-5-2-3-6-26(23)42-30/h2-3,5-6,8-13,17H,4,7,14-16,18,32H2,1H3,(H,33,35,38). The van der Waals surface area contributed by atoms with Gasteiger partial charge in [-0.05, 0) is 60.9 Å².